The molecule has 0 radical (unpaired) electrons. The van der Waals surface area contributed by atoms with E-state index in [9.17, 15) is 14.7 Å². The molecule has 0 bridgehead atoms. The number of aliphatic hydroxyl groups excluding tert-OH is 2. The fourth-order valence-electron chi connectivity index (χ4n) is 1.34. The average molecular weight is 365 g/mol. The lowest BCUT2D eigenvalue weighted by Gasteiger charge is -2.21. The maximum Gasteiger partial charge on any atom is 0.311 e. The molecule has 3 unspecified atom stereocenters. The second-order valence-corrected chi connectivity index (χ2v) is 7.62. The Morgan fingerprint density at radius 3 is 2.33 bits per heavy atom. The second-order valence-electron chi connectivity index (χ2n) is 6.47. The van der Waals surface area contributed by atoms with Crippen molar-refractivity contribution in [3.63, 3.8) is 0 Å². The van der Waals surface area contributed by atoms with Crippen LogP contribution in [-0.4, -0.2) is 59.2 Å². The number of esters is 2. The molecule has 0 saturated carbocycles. The van der Waals surface area contributed by atoms with Crippen LogP contribution in [-0.2, 0) is 19.1 Å². The molecule has 0 aromatic carbocycles. The van der Waals surface area contributed by atoms with E-state index in [0.29, 0.717) is 17.9 Å². The summed E-state index contributed by atoms with van der Waals surface area (Å²) in [7, 11) is 0. The molecular formula is C16H31NO6S. The van der Waals surface area contributed by atoms with E-state index in [0.717, 1.165) is 0 Å². The number of aliphatic hydroxyl groups is 2. The van der Waals surface area contributed by atoms with E-state index < -0.39 is 23.7 Å². The molecule has 0 aromatic heterocycles. The van der Waals surface area contributed by atoms with Crippen LogP contribution in [0, 0.1) is 11.3 Å². The predicted octanol–water partition coefficient (Wildman–Crippen LogP) is 0.906. The van der Waals surface area contributed by atoms with Gasteiger partial charge in [0.15, 0.2) is 0 Å². The number of hydrogen-bond acceptors (Lipinski definition) is 8. The van der Waals surface area contributed by atoms with Crippen LogP contribution < -0.4 is 5.73 Å². The first-order valence-electron chi connectivity index (χ1n) is 8.12. The summed E-state index contributed by atoms with van der Waals surface area (Å²) in [5.41, 5.74) is 4.74. The number of nitrogens with two attached hydrogens (primary N) is 1. The molecule has 0 rings (SSSR count). The van der Waals surface area contributed by atoms with Gasteiger partial charge in [0.1, 0.15) is 25.5 Å². The van der Waals surface area contributed by atoms with Crippen molar-refractivity contribution in [2.24, 2.45) is 17.1 Å². The maximum atomic E-state index is 11.7. The second kappa shape index (κ2) is 11.7. The van der Waals surface area contributed by atoms with Crippen molar-refractivity contribution in [3.8, 4) is 0 Å². The van der Waals surface area contributed by atoms with Crippen molar-refractivity contribution in [2.45, 2.75) is 52.9 Å². The Morgan fingerprint density at radius 2 is 1.79 bits per heavy atom. The van der Waals surface area contributed by atoms with Crippen LogP contribution in [0.4, 0.5) is 0 Å². The molecule has 24 heavy (non-hydrogen) atoms. The molecule has 0 aliphatic rings. The van der Waals surface area contributed by atoms with Crippen molar-refractivity contribution >= 4 is 23.7 Å². The molecule has 0 saturated heterocycles. The van der Waals surface area contributed by atoms with Crippen LogP contribution in [0.3, 0.4) is 0 Å². The topological polar surface area (TPSA) is 119 Å². The van der Waals surface area contributed by atoms with Crippen LogP contribution in [0.1, 0.15) is 40.5 Å². The molecule has 0 aliphatic heterocycles. The highest BCUT2D eigenvalue weighted by Crippen LogP contribution is 2.21. The van der Waals surface area contributed by atoms with E-state index in [4.69, 9.17) is 20.3 Å². The maximum absolute atomic E-state index is 11.7. The Kier molecular flexibility index (Phi) is 11.3. The lowest BCUT2D eigenvalue weighted by Crippen LogP contribution is -2.31. The van der Waals surface area contributed by atoms with Crippen molar-refractivity contribution in [2.75, 3.05) is 24.7 Å². The third kappa shape index (κ3) is 10.1. The third-order valence-electron chi connectivity index (χ3n) is 3.69. The van der Waals surface area contributed by atoms with Crippen LogP contribution in [0.25, 0.3) is 0 Å². The van der Waals surface area contributed by atoms with Gasteiger partial charge in [0, 0.05) is 11.7 Å². The van der Waals surface area contributed by atoms with Crippen molar-refractivity contribution in [1.82, 2.24) is 0 Å². The SMILES string of the molecule is CCC(C)(C)C(=O)OCC(O)COC(=O)CCSCC(C)C(N)O. The van der Waals surface area contributed by atoms with Gasteiger partial charge >= 0.3 is 11.9 Å². The van der Waals surface area contributed by atoms with Gasteiger partial charge in [-0.1, -0.05) is 13.8 Å². The van der Waals surface area contributed by atoms with Gasteiger partial charge in [-0.05, 0) is 26.0 Å². The zero-order valence-corrected chi connectivity index (χ0v) is 15.8. The Labute approximate surface area is 148 Å². The van der Waals surface area contributed by atoms with E-state index in [1.165, 1.54) is 11.8 Å². The van der Waals surface area contributed by atoms with Crippen LogP contribution in [0.15, 0.2) is 0 Å². The van der Waals surface area contributed by atoms with Gasteiger partial charge < -0.3 is 25.4 Å². The fraction of sp³-hybridized carbons (Fsp3) is 0.875. The molecule has 0 fully saturated rings. The summed E-state index contributed by atoms with van der Waals surface area (Å²) in [4.78, 5) is 23.3. The summed E-state index contributed by atoms with van der Waals surface area (Å²) >= 11 is 1.50. The summed E-state index contributed by atoms with van der Waals surface area (Å²) in [6.45, 7) is 6.84. The molecule has 0 aromatic rings. The Morgan fingerprint density at radius 1 is 1.21 bits per heavy atom. The van der Waals surface area contributed by atoms with Crippen molar-refractivity contribution in [1.29, 1.82) is 0 Å². The minimum Gasteiger partial charge on any atom is -0.463 e. The van der Waals surface area contributed by atoms with E-state index in [1.807, 2.05) is 13.8 Å². The lowest BCUT2D eigenvalue weighted by molar-refractivity contribution is -0.159. The summed E-state index contributed by atoms with van der Waals surface area (Å²) < 4.78 is 9.95. The Balaban J connectivity index is 3.81. The number of thioether (sulfide) groups is 1. The average Bonchev–Trinajstić information content (AvgIpc) is 2.53. The molecule has 142 valence electrons. The van der Waals surface area contributed by atoms with E-state index in [1.54, 1.807) is 13.8 Å². The zero-order chi connectivity index (χ0) is 18.8. The third-order valence-corrected chi connectivity index (χ3v) is 4.95. The van der Waals surface area contributed by atoms with Crippen LogP contribution in [0.5, 0.6) is 0 Å². The smallest absolute Gasteiger partial charge is 0.311 e. The number of ether oxygens (including phenoxy) is 2. The summed E-state index contributed by atoms with van der Waals surface area (Å²) in [6.07, 6.45) is -1.06. The van der Waals surface area contributed by atoms with Crippen molar-refractivity contribution < 1.29 is 29.3 Å². The van der Waals surface area contributed by atoms with Gasteiger partial charge in [0.25, 0.3) is 0 Å². The largest absolute Gasteiger partial charge is 0.463 e. The zero-order valence-electron chi connectivity index (χ0n) is 15.0. The Hall–Kier alpha value is -0.830. The van der Waals surface area contributed by atoms with E-state index in [-0.39, 0.29) is 31.5 Å². The first-order valence-corrected chi connectivity index (χ1v) is 9.28. The molecule has 0 heterocycles. The number of carbonyl (C=O) groups excluding carboxylic acids is 2. The number of rotatable bonds is 12. The van der Waals surface area contributed by atoms with Gasteiger partial charge in [-0.3, -0.25) is 9.59 Å². The Bertz CT molecular complexity index is 389. The van der Waals surface area contributed by atoms with Crippen LogP contribution in [0.2, 0.25) is 0 Å². The molecule has 3 atom stereocenters. The molecular weight excluding hydrogens is 334 g/mol. The van der Waals surface area contributed by atoms with Gasteiger partial charge in [-0.2, -0.15) is 11.8 Å². The number of hydrogen-bond donors (Lipinski definition) is 3. The first-order chi connectivity index (χ1) is 11.1. The minimum atomic E-state index is -1.04. The first kappa shape index (κ1) is 23.2. The van der Waals surface area contributed by atoms with E-state index >= 15 is 0 Å². The van der Waals surface area contributed by atoms with Gasteiger partial charge in [0.05, 0.1) is 11.8 Å². The van der Waals surface area contributed by atoms with Gasteiger partial charge in [0.2, 0.25) is 0 Å². The summed E-state index contributed by atoms with van der Waals surface area (Å²) in [5.74, 6) is 0.336. The minimum absolute atomic E-state index is 0.0464. The standard InChI is InChI=1S/C16H31NO6S/c1-5-16(3,4)15(21)23-9-12(18)8-22-13(19)6-7-24-10-11(2)14(17)20/h11-12,14,18,20H,5-10,17H2,1-4H3. The predicted molar refractivity (Wildman–Crippen MR) is 93.3 cm³/mol. The summed E-state index contributed by atoms with van der Waals surface area (Å²) in [6, 6.07) is 0. The highest BCUT2D eigenvalue weighted by Gasteiger charge is 2.27. The fourth-order valence-corrected chi connectivity index (χ4v) is 2.39. The van der Waals surface area contributed by atoms with Gasteiger partial charge in [-0.25, -0.2) is 0 Å². The van der Waals surface area contributed by atoms with Crippen molar-refractivity contribution in [3.05, 3.63) is 0 Å². The lowest BCUT2D eigenvalue weighted by atomic mass is 9.91. The molecule has 4 N–H and O–H groups in total. The van der Waals surface area contributed by atoms with E-state index in [2.05, 4.69) is 0 Å². The van der Waals surface area contributed by atoms with Gasteiger partial charge in [-0.15, -0.1) is 0 Å². The van der Waals surface area contributed by atoms with Crippen LogP contribution >= 0.6 is 11.8 Å². The monoisotopic (exact) mass is 365 g/mol. The molecule has 8 heteroatoms. The molecule has 0 aliphatic carbocycles. The summed E-state index contributed by atoms with van der Waals surface area (Å²) in [5, 5.41) is 18.8. The molecule has 0 amide bonds. The highest BCUT2D eigenvalue weighted by atomic mass is 32.2. The highest BCUT2D eigenvalue weighted by molar-refractivity contribution is 7.99. The normalized spacial score (nSPS) is 15.5. The molecule has 7 nitrogen and oxygen atoms in total. The molecule has 0 spiro atoms. The number of carbonyl (C=O) groups is 2. The quantitative estimate of drug-likeness (QED) is 0.265.